The van der Waals surface area contributed by atoms with Gasteiger partial charge in [0.2, 0.25) is 0 Å². The van der Waals surface area contributed by atoms with Crippen LogP contribution in [0.2, 0.25) is 0 Å². The molecular weight excluding hydrogens is 817 g/mol. The second-order valence-corrected chi connectivity index (χ2v) is 16.1. The van der Waals surface area contributed by atoms with Crippen LogP contribution in [0.25, 0.3) is 0 Å². The number of likely N-dealkylation sites (N-methyl/N-ethyl adjacent to an activating group) is 3. The molecule has 0 fully saturated rings. The molecule has 1 aliphatic carbocycles. The summed E-state index contributed by atoms with van der Waals surface area (Å²) in [4.78, 5) is 54.3. The summed E-state index contributed by atoms with van der Waals surface area (Å²) >= 11 is 0. The number of ether oxygens (including phenoxy) is 4. The van der Waals surface area contributed by atoms with E-state index in [0.29, 0.717) is 66.7 Å². The first kappa shape index (κ1) is 46.2. The predicted octanol–water partition coefficient (Wildman–Crippen LogP) is 7.88. The zero-order chi connectivity index (χ0) is 45.9. The third-order valence-electron chi connectivity index (χ3n) is 10.6. The molecule has 0 heterocycles. The minimum absolute atomic E-state index is 0.0592. The lowest BCUT2D eigenvalue weighted by atomic mass is 9.91. The number of nitrogens with zero attached hydrogens (tertiary/aromatic N) is 6. The Bertz CT molecular complexity index is 2420. The molecule has 1 aliphatic rings. The first-order chi connectivity index (χ1) is 30.7. The molecule has 0 aliphatic heterocycles. The number of carbonyl (C=O) groups is 3. The molecule has 0 aromatic heterocycles. The molecular formula is C49H54N6O9. The van der Waals surface area contributed by atoms with Crippen molar-refractivity contribution in [3.8, 4) is 23.0 Å². The average molecular weight is 871 g/mol. The average Bonchev–Trinajstić information content (AvgIpc) is 3.26. The van der Waals surface area contributed by atoms with Crippen LogP contribution in [0, 0.1) is 10.1 Å². The van der Waals surface area contributed by atoms with E-state index in [1.54, 1.807) is 42.3 Å². The topological polar surface area (TPSA) is 166 Å². The van der Waals surface area contributed by atoms with Crippen LogP contribution in [0.1, 0.15) is 57.9 Å². The minimum Gasteiger partial charge on any atom is -0.493 e. The molecule has 3 amide bonds. The minimum atomic E-state index is -0.470. The number of nitro benzene ring substituents is 1. The molecule has 0 saturated heterocycles. The summed E-state index contributed by atoms with van der Waals surface area (Å²) in [5.74, 6) is 1.58. The van der Waals surface area contributed by atoms with Gasteiger partial charge < -0.3 is 33.6 Å². The van der Waals surface area contributed by atoms with Crippen molar-refractivity contribution < 1.29 is 38.3 Å². The van der Waals surface area contributed by atoms with Crippen molar-refractivity contribution in [3.05, 3.63) is 146 Å². The summed E-state index contributed by atoms with van der Waals surface area (Å²) in [6, 6.07) is 27.2. The number of hydrogen-bond donors (Lipinski definition) is 0. The molecule has 0 N–H and O–H groups in total. The summed E-state index contributed by atoms with van der Waals surface area (Å²) in [6.45, 7) is 1.83. The van der Waals surface area contributed by atoms with Gasteiger partial charge in [-0.05, 0) is 64.1 Å². The van der Waals surface area contributed by atoms with Gasteiger partial charge in [-0.25, -0.2) is 0 Å². The maximum atomic E-state index is 13.0. The second kappa shape index (κ2) is 21.2. The van der Waals surface area contributed by atoms with Gasteiger partial charge in [-0.1, -0.05) is 61.5 Å². The van der Waals surface area contributed by atoms with Gasteiger partial charge in [-0.15, -0.1) is 0 Å². The highest BCUT2D eigenvalue weighted by Crippen LogP contribution is 2.41. The standard InChI is InChI=1S/C49H54N6O9/c1-8-22-61-49-38-25-36-16-10-14-34(47(36)63-30-44(57)53(4)5)23-32-12-9-13-33(46(32)62-29-43(56)52(2)3)24-35-15-11-17-37(48(35)64-31-45(58)54(6)7)26-39(49)28-41(27-38)51-50-40-18-20-42(21-19-40)55(59)60/h9-21,27-28H,8,22-26,29-31H2,1-7H3. The van der Waals surface area contributed by atoms with E-state index in [-0.39, 0.29) is 43.2 Å². The van der Waals surface area contributed by atoms with Gasteiger partial charge in [0.25, 0.3) is 23.4 Å². The lowest BCUT2D eigenvalue weighted by Crippen LogP contribution is -2.28. The number of para-hydroxylation sites is 3. The van der Waals surface area contributed by atoms with Gasteiger partial charge in [0.05, 0.1) is 22.9 Å². The van der Waals surface area contributed by atoms with Gasteiger partial charge in [0, 0.05) is 91.2 Å². The predicted molar refractivity (Wildman–Crippen MR) is 243 cm³/mol. The normalized spacial score (nSPS) is 12.0. The lowest BCUT2D eigenvalue weighted by molar-refractivity contribution is -0.384. The molecule has 0 atom stereocenters. The van der Waals surface area contributed by atoms with Crippen LogP contribution in [0.3, 0.4) is 0 Å². The van der Waals surface area contributed by atoms with Crippen LogP contribution in [0.15, 0.2) is 101 Å². The number of hydrogen-bond acceptors (Lipinski definition) is 11. The molecule has 334 valence electrons. The Morgan fingerprint density at radius 2 is 0.844 bits per heavy atom. The first-order valence-electron chi connectivity index (χ1n) is 21.0. The van der Waals surface area contributed by atoms with Crippen molar-refractivity contribution >= 4 is 34.8 Å². The number of carbonyl (C=O) groups excluding carboxylic acids is 3. The van der Waals surface area contributed by atoms with Crippen molar-refractivity contribution in [2.75, 3.05) is 68.7 Å². The number of rotatable bonds is 15. The van der Waals surface area contributed by atoms with Gasteiger partial charge in [-0.2, -0.15) is 10.2 Å². The number of amides is 3. The monoisotopic (exact) mass is 870 g/mol. The fourth-order valence-electron chi connectivity index (χ4n) is 7.12. The van der Waals surface area contributed by atoms with Crippen molar-refractivity contribution in [2.24, 2.45) is 10.2 Å². The SMILES string of the molecule is CCCOc1c2cc(N=Nc3ccc([N+](=O)[O-])cc3)cc1Cc1cccc(c1OCC(=O)N(C)C)Cc1cccc(c1OCC(=O)N(C)C)Cc1cccc(c1OCC(=O)N(C)C)C2. The van der Waals surface area contributed by atoms with E-state index in [1.807, 2.05) is 73.7 Å². The van der Waals surface area contributed by atoms with Gasteiger partial charge in [-0.3, -0.25) is 24.5 Å². The number of nitro groups is 1. The van der Waals surface area contributed by atoms with E-state index in [2.05, 4.69) is 10.2 Å². The van der Waals surface area contributed by atoms with Crippen LogP contribution in [-0.4, -0.2) is 106 Å². The maximum Gasteiger partial charge on any atom is 0.269 e. The smallest absolute Gasteiger partial charge is 0.269 e. The molecule has 0 unspecified atom stereocenters. The Hall–Kier alpha value is -7.29. The van der Waals surface area contributed by atoms with Gasteiger partial charge in [0.15, 0.2) is 19.8 Å². The number of non-ortho nitro benzene ring substituents is 1. The molecule has 0 radical (unpaired) electrons. The van der Waals surface area contributed by atoms with Crippen molar-refractivity contribution in [3.63, 3.8) is 0 Å². The summed E-state index contributed by atoms with van der Waals surface area (Å²) in [5, 5.41) is 20.4. The van der Waals surface area contributed by atoms with Crippen LogP contribution >= 0.6 is 0 Å². The molecule has 0 saturated carbocycles. The Kier molecular flexibility index (Phi) is 15.3. The number of azo groups is 1. The Balaban J connectivity index is 1.60. The third kappa shape index (κ3) is 11.6. The van der Waals surface area contributed by atoms with Gasteiger partial charge in [0.1, 0.15) is 23.0 Å². The Morgan fingerprint density at radius 1 is 0.516 bits per heavy atom. The van der Waals surface area contributed by atoms with E-state index in [4.69, 9.17) is 18.9 Å². The van der Waals surface area contributed by atoms with E-state index >= 15 is 0 Å². The fourth-order valence-corrected chi connectivity index (χ4v) is 7.12. The number of benzene rings is 5. The summed E-state index contributed by atoms with van der Waals surface area (Å²) < 4.78 is 26.0. The Morgan fingerprint density at radius 3 is 1.17 bits per heavy atom. The van der Waals surface area contributed by atoms with Crippen molar-refractivity contribution in [1.29, 1.82) is 0 Å². The van der Waals surface area contributed by atoms with Crippen LogP contribution in [-0.2, 0) is 40.1 Å². The van der Waals surface area contributed by atoms with Crippen LogP contribution in [0.4, 0.5) is 17.1 Å². The molecule has 5 aromatic carbocycles. The molecule has 6 rings (SSSR count). The van der Waals surface area contributed by atoms with E-state index < -0.39 is 4.92 Å². The largest absolute Gasteiger partial charge is 0.493 e. The first-order valence-corrected chi connectivity index (χ1v) is 21.0. The molecule has 15 nitrogen and oxygen atoms in total. The van der Waals surface area contributed by atoms with E-state index in [9.17, 15) is 24.5 Å². The third-order valence-corrected chi connectivity index (χ3v) is 10.6. The fraction of sp³-hybridized carbons (Fsp3) is 0.327. The molecule has 64 heavy (non-hydrogen) atoms. The zero-order valence-corrected chi connectivity index (χ0v) is 37.4. The highest BCUT2D eigenvalue weighted by Gasteiger charge is 2.24. The highest BCUT2D eigenvalue weighted by molar-refractivity contribution is 5.78. The summed E-state index contributed by atoms with van der Waals surface area (Å²) in [7, 11) is 10.1. The Labute approximate surface area is 373 Å². The van der Waals surface area contributed by atoms with E-state index in [0.717, 1.165) is 50.9 Å². The van der Waals surface area contributed by atoms with E-state index in [1.165, 1.54) is 39.0 Å². The van der Waals surface area contributed by atoms with Crippen LogP contribution in [0.5, 0.6) is 23.0 Å². The van der Waals surface area contributed by atoms with Crippen LogP contribution < -0.4 is 18.9 Å². The number of fused-ring (bicyclic) bond motifs is 8. The quantitative estimate of drug-likeness (QED) is 0.0567. The summed E-state index contributed by atoms with van der Waals surface area (Å²) in [5.41, 5.74) is 7.13. The highest BCUT2D eigenvalue weighted by atomic mass is 16.6. The van der Waals surface area contributed by atoms with Crippen molar-refractivity contribution in [2.45, 2.75) is 39.0 Å². The lowest BCUT2D eigenvalue weighted by Gasteiger charge is -2.23. The molecule has 5 aromatic rings. The molecule has 15 heteroatoms. The molecule has 0 spiro atoms. The summed E-state index contributed by atoms with van der Waals surface area (Å²) in [6.07, 6.45) is 1.98. The molecule has 8 bridgehead atoms. The van der Waals surface area contributed by atoms with Crippen molar-refractivity contribution in [1.82, 2.24) is 14.7 Å². The maximum absolute atomic E-state index is 13.0. The second-order valence-electron chi connectivity index (χ2n) is 16.1. The van der Waals surface area contributed by atoms with Gasteiger partial charge >= 0.3 is 0 Å². The zero-order valence-electron chi connectivity index (χ0n) is 37.4.